The molecule has 0 saturated heterocycles. The molecule has 40 heavy (non-hydrogen) atoms. The number of nitrogens with two attached hydrogens (primary N) is 1. The van der Waals surface area contributed by atoms with Crippen molar-refractivity contribution in [2.75, 3.05) is 6.54 Å². The van der Waals surface area contributed by atoms with Crippen molar-refractivity contribution in [3.63, 3.8) is 0 Å². The normalized spacial score (nSPS) is 39.0. The van der Waals surface area contributed by atoms with Gasteiger partial charge < -0.3 is 26.1 Å². The summed E-state index contributed by atoms with van der Waals surface area (Å²) in [4.78, 5) is 26.0. The van der Waals surface area contributed by atoms with Gasteiger partial charge in [-0.05, 0) is 84.8 Å². The maximum atomic E-state index is 13.3. The molecular weight excluding hydrogens is 506 g/mol. The Morgan fingerprint density at radius 1 is 1.20 bits per heavy atom. The molecule has 4 rings (SSSR count). The van der Waals surface area contributed by atoms with E-state index in [0.29, 0.717) is 12.3 Å². The van der Waals surface area contributed by atoms with Gasteiger partial charge in [-0.3, -0.25) is 9.59 Å². The minimum atomic E-state index is -0.844. The van der Waals surface area contributed by atoms with Crippen LogP contribution in [0, 0.1) is 39.9 Å². The second kappa shape index (κ2) is 11.2. The van der Waals surface area contributed by atoms with E-state index < -0.39 is 29.4 Å². The van der Waals surface area contributed by atoms with Gasteiger partial charge in [0.1, 0.15) is 18.4 Å². The Morgan fingerprint density at radius 2 is 1.88 bits per heavy atom. The highest BCUT2D eigenvalue weighted by atomic mass is 16.5. The van der Waals surface area contributed by atoms with Crippen LogP contribution in [0.4, 0.5) is 0 Å². The van der Waals surface area contributed by atoms with Gasteiger partial charge in [-0.2, -0.15) is 0 Å². The minimum absolute atomic E-state index is 0.00619. The number of benzene rings is 1. The van der Waals surface area contributed by atoms with Crippen LogP contribution in [0.5, 0.6) is 5.75 Å². The van der Waals surface area contributed by atoms with Crippen LogP contribution in [0.15, 0.2) is 42.1 Å². The SMILES string of the molecule is C=C[C@]1(C)C[C@@H](OC(=O)CNC(=O)C(N)Cc2ccc(O)cc2)[C@]2(C)[C@H](C)CC[C@]3(CC/C(=N\O)[C@H]32)[C@@H](C)C1C. The smallest absolute Gasteiger partial charge is 0.325 e. The number of carbonyl (C=O) groups excluding carboxylic acids is 2. The lowest BCUT2D eigenvalue weighted by Crippen LogP contribution is -2.61. The number of nitrogens with one attached hydrogen (secondary N) is 1. The molecule has 0 radical (unpaired) electrons. The molecule has 3 saturated carbocycles. The van der Waals surface area contributed by atoms with Crippen LogP contribution >= 0.6 is 0 Å². The standard InChI is InChI=1S/C32H47N3O5/c1-7-30(5)17-26(40-27(37)18-34-29(38)24(33)16-22-8-10-23(36)11-9-22)31(6)19(2)12-14-32(21(4)20(30)3)15-13-25(35-39)28(31)32/h7-11,19-21,24,26,28,36,39H,1,12-18,33H2,2-6H3,(H,34,38)/b35-25+/t19-,20?,21+,24?,26-,28+,30-,31+,32+/m1/s1. The van der Waals surface area contributed by atoms with E-state index in [2.05, 4.69) is 51.7 Å². The third kappa shape index (κ3) is 5.04. The molecule has 1 amide bonds. The molecule has 0 aromatic heterocycles. The van der Waals surface area contributed by atoms with Crippen LogP contribution in [0.25, 0.3) is 0 Å². The Hall–Kier alpha value is -2.87. The molecule has 8 nitrogen and oxygen atoms in total. The Balaban J connectivity index is 1.56. The third-order valence-electron chi connectivity index (χ3n) is 11.5. The second-order valence-electron chi connectivity index (χ2n) is 13.2. The average Bonchev–Trinajstić information content (AvgIpc) is 3.34. The lowest BCUT2D eigenvalue weighted by Gasteiger charge is -2.62. The Bertz CT molecular complexity index is 1150. The largest absolute Gasteiger partial charge is 0.508 e. The Morgan fingerprint density at radius 3 is 2.50 bits per heavy atom. The summed E-state index contributed by atoms with van der Waals surface area (Å²) >= 11 is 0. The van der Waals surface area contributed by atoms with Crippen LogP contribution in [0.3, 0.4) is 0 Å². The molecule has 2 unspecified atom stereocenters. The first-order valence-electron chi connectivity index (χ1n) is 14.7. The number of phenolic OH excluding ortho intramolecular Hbond substituents is 1. The Kier molecular flexibility index (Phi) is 8.42. The molecule has 3 aliphatic carbocycles. The quantitative estimate of drug-likeness (QED) is 0.166. The molecule has 0 heterocycles. The second-order valence-corrected chi connectivity index (χ2v) is 13.2. The van der Waals surface area contributed by atoms with E-state index in [1.807, 2.05) is 6.08 Å². The molecule has 0 spiro atoms. The number of carbonyl (C=O) groups is 2. The lowest BCUT2D eigenvalue weighted by molar-refractivity contribution is -0.188. The number of aromatic hydroxyl groups is 1. The van der Waals surface area contributed by atoms with Crippen molar-refractivity contribution in [3.8, 4) is 5.75 Å². The molecule has 5 N–H and O–H groups in total. The van der Waals surface area contributed by atoms with E-state index in [1.54, 1.807) is 24.3 Å². The molecule has 3 aliphatic rings. The van der Waals surface area contributed by atoms with E-state index >= 15 is 0 Å². The number of rotatable bonds is 7. The van der Waals surface area contributed by atoms with Gasteiger partial charge >= 0.3 is 5.97 Å². The number of hydrogen-bond acceptors (Lipinski definition) is 7. The molecule has 1 aromatic carbocycles. The van der Waals surface area contributed by atoms with Crippen molar-refractivity contribution in [1.29, 1.82) is 0 Å². The molecular formula is C32H47N3O5. The van der Waals surface area contributed by atoms with Gasteiger partial charge in [0.05, 0.1) is 11.8 Å². The van der Waals surface area contributed by atoms with Crippen LogP contribution in [-0.4, -0.2) is 46.6 Å². The third-order valence-corrected chi connectivity index (χ3v) is 11.5. The van der Waals surface area contributed by atoms with Crippen LogP contribution in [0.2, 0.25) is 0 Å². The van der Waals surface area contributed by atoms with Crippen molar-refractivity contribution in [2.24, 2.45) is 50.8 Å². The highest BCUT2D eigenvalue weighted by molar-refractivity contribution is 5.90. The fraction of sp³-hybridized carbons (Fsp3) is 0.656. The van der Waals surface area contributed by atoms with Gasteiger partial charge in [-0.15, -0.1) is 6.58 Å². The van der Waals surface area contributed by atoms with Crippen LogP contribution in [0.1, 0.15) is 72.3 Å². The maximum absolute atomic E-state index is 13.3. The molecule has 0 aliphatic heterocycles. The van der Waals surface area contributed by atoms with E-state index in [1.165, 1.54) is 0 Å². The number of phenols is 1. The number of allylic oxidation sites excluding steroid dienone is 1. The van der Waals surface area contributed by atoms with Gasteiger partial charge in [0.2, 0.25) is 5.91 Å². The van der Waals surface area contributed by atoms with Crippen LogP contribution < -0.4 is 11.1 Å². The zero-order valence-corrected chi connectivity index (χ0v) is 24.7. The number of esters is 1. The Labute approximate surface area is 238 Å². The first-order valence-corrected chi connectivity index (χ1v) is 14.7. The van der Waals surface area contributed by atoms with Gasteiger partial charge in [-0.1, -0.05) is 58.0 Å². The summed E-state index contributed by atoms with van der Waals surface area (Å²) < 4.78 is 6.32. The topological polar surface area (TPSA) is 134 Å². The fourth-order valence-electron chi connectivity index (χ4n) is 8.42. The van der Waals surface area contributed by atoms with Gasteiger partial charge in [-0.25, -0.2) is 0 Å². The van der Waals surface area contributed by atoms with Gasteiger partial charge in [0, 0.05) is 11.3 Å². The molecule has 220 valence electrons. The highest BCUT2D eigenvalue weighted by Gasteiger charge is 2.67. The number of nitrogens with zero attached hydrogens (tertiary/aromatic N) is 1. The molecule has 8 heteroatoms. The molecule has 9 atom stereocenters. The number of ether oxygens (including phenoxy) is 1. The van der Waals surface area contributed by atoms with Crippen molar-refractivity contribution in [1.82, 2.24) is 5.32 Å². The number of oxime groups is 1. The zero-order chi connectivity index (χ0) is 29.5. The maximum Gasteiger partial charge on any atom is 0.325 e. The summed E-state index contributed by atoms with van der Waals surface area (Å²) in [6.45, 7) is 15.2. The van der Waals surface area contributed by atoms with Gasteiger partial charge in [0.15, 0.2) is 0 Å². The predicted octanol–water partition coefficient (Wildman–Crippen LogP) is 4.82. The van der Waals surface area contributed by atoms with Crippen LogP contribution in [-0.2, 0) is 20.7 Å². The number of amides is 1. The average molecular weight is 554 g/mol. The summed E-state index contributed by atoms with van der Waals surface area (Å²) in [5.74, 6) is 0.0898. The zero-order valence-electron chi connectivity index (χ0n) is 24.7. The summed E-state index contributed by atoms with van der Waals surface area (Å²) in [5.41, 5.74) is 6.99. The summed E-state index contributed by atoms with van der Waals surface area (Å²) in [6, 6.07) is 5.67. The molecule has 2 bridgehead atoms. The predicted molar refractivity (Wildman–Crippen MR) is 155 cm³/mol. The fourth-order valence-corrected chi connectivity index (χ4v) is 8.42. The van der Waals surface area contributed by atoms with E-state index in [9.17, 15) is 19.9 Å². The molecule has 3 fully saturated rings. The molecule has 1 aromatic rings. The number of hydrogen-bond donors (Lipinski definition) is 4. The summed E-state index contributed by atoms with van der Waals surface area (Å²) in [6.07, 6.45) is 6.25. The summed E-state index contributed by atoms with van der Waals surface area (Å²) in [5, 5.41) is 26.0. The van der Waals surface area contributed by atoms with E-state index in [-0.39, 0.29) is 47.3 Å². The van der Waals surface area contributed by atoms with E-state index in [0.717, 1.165) is 37.0 Å². The van der Waals surface area contributed by atoms with E-state index in [4.69, 9.17) is 10.5 Å². The minimum Gasteiger partial charge on any atom is -0.508 e. The lowest BCUT2D eigenvalue weighted by atomic mass is 9.42. The monoisotopic (exact) mass is 553 g/mol. The van der Waals surface area contributed by atoms with Crippen molar-refractivity contribution < 1.29 is 24.6 Å². The van der Waals surface area contributed by atoms with Crippen molar-refractivity contribution in [2.45, 2.75) is 85.3 Å². The summed E-state index contributed by atoms with van der Waals surface area (Å²) in [7, 11) is 0. The van der Waals surface area contributed by atoms with Gasteiger partial charge in [0.25, 0.3) is 0 Å². The highest BCUT2D eigenvalue weighted by Crippen LogP contribution is 2.69. The first-order chi connectivity index (χ1) is 18.8. The van der Waals surface area contributed by atoms with Crippen molar-refractivity contribution >= 4 is 17.6 Å². The van der Waals surface area contributed by atoms with Crippen molar-refractivity contribution in [3.05, 3.63) is 42.5 Å². The first kappa shape index (κ1) is 30.1.